The van der Waals surface area contributed by atoms with Crippen molar-refractivity contribution < 1.29 is 0 Å². The van der Waals surface area contributed by atoms with Crippen LogP contribution in [-0.4, -0.2) is 9.97 Å². The Morgan fingerprint density at radius 2 is 1.89 bits per heavy atom. The number of rotatable bonds is 4. The third-order valence-electron chi connectivity index (χ3n) is 3.81. The Hall–Kier alpha value is -1.90. The fourth-order valence-corrected chi connectivity index (χ4v) is 2.64. The van der Waals surface area contributed by atoms with E-state index in [9.17, 15) is 0 Å². The fourth-order valence-electron chi connectivity index (χ4n) is 2.64. The highest BCUT2D eigenvalue weighted by Crippen LogP contribution is 2.52. The molecule has 1 aliphatic carbocycles. The van der Waals surface area contributed by atoms with Gasteiger partial charge in [-0.2, -0.15) is 0 Å². The minimum atomic E-state index is 0.0130. The summed E-state index contributed by atoms with van der Waals surface area (Å²) in [4.78, 5) is 9.24. The van der Waals surface area contributed by atoms with Crippen LogP contribution in [0.5, 0.6) is 0 Å². The van der Waals surface area contributed by atoms with Gasteiger partial charge in [0.15, 0.2) is 0 Å². The van der Waals surface area contributed by atoms with Gasteiger partial charge in [-0.3, -0.25) is 0 Å². The molecule has 1 aromatic carbocycles. The molecule has 0 spiro atoms. The lowest BCUT2D eigenvalue weighted by Crippen LogP contribution is -2.15. The summed E-state index contributed by atoms with van der Waals surface area (Å²) in [5.41, 5.74) is 8.32. The van der Waals surface area contributed by atoms with E-state index in [-0.39, 0.29) is 5.41 Å². The molecule has 0 bridgehead atoms. The van der Waals surface area contributed by atoms with Crippen molar-refractivity contribution in [3.8, 4) is 0 Å². The molecule has 3 heteroatoms. The molecule has 0 amide bonds. The zero-order chi connectivity index (χ0) is 13.3. The van der Waals surface area contributed by atoms with Crippen LogP contribution in [0.1, 0.15) is 43.3 Å². The maximum Gasteiger partial charge on any atom is 0.141 e. The van der Waals surface area contributed by atoms with Crippen molar-refractivity contribution in [1.82, 2.24) is 9.97 Å². The van der Waals surface area contributed by atoms with Gasteiger partial charge in [-0.05, 0) is 24.8 Å². The molecule has 0 radical (unpaired) electrons. The summed E-state index contributed by atoms with van der Waals surface area (Å²) < 4.78 is 0. The van der Waals surface area contributed by atoms with Gasteiger partial charge in [0, 0.05) is 11.8 Å². The summed E-state index contributed by atoms with van der Waals surface area (Å²) in [6.07, 6.45) is 4.27. The molecule has 1 aliphatic rings. The number of nitrogen functional groups attached to an aromatic ring is 1. The maximum absolute atomic E-state index is 5.94. The minimum Gasteiger partial charge on any atom is -0.384 e. The Labute approximate surface area is 113 Å². The second-order valence-corrected chi connectivity index (χ2v) is 5.31. The van der Waals surface area contributed by atoms with Gasteiger partial charge in [0.2, 0.25) is 0 Å². The quantitative estimate of drug-likeness (QED) is 0.911. The molecule has 0 atom stereocenters. The number of nitrogens with two attached hydrogens (primary N) is 1. The molecule has 2 N–H and O–H groups in total. The first-order valence-corrected chi connectivity index (χ1v) is 6.94. The number of hydrogen-bond acceptors (Lipinski definition) is 3. The maximum atomic E-state index is 5.94. The lowest BCUT2D eigenvalue weighted by Gasteiger charge is -2.15. The first-order valence-electron chi connectivity index (χ1n) is 6.94. The monoisotopic (exact) mass is 253 g/mol. The highest BCUT2D eigenvalue weighted by Gasteiger charge is 2.48. The van der Waals surface area contributed by atoms with E-state index in [2.05, 4.69) is 36.2 Å². The van der Waals surface area contributed by atoms with Crippen LogP contribution in [0.15, 0.2) is 36.4 Å². The van der Waals surface area contributed by atoms with Crippen LogP contribution in [0.3, 0.4) is 0 Å². The van der Waals surface area contributed by atoms with Crippen molar-refractivity contribution in [2.24, 2.45) is 0 Å². The van der Waals surface area contributed by atoms with Crippen molar-refractivity contribution in [1.29, 1.82) is 0 Å². The zero-order valence-electron chi connectivity index (χ0n) is 11.3. The van der Waals surface area contributed by atoms with Crippen molar-refractivity contribution in [3.05, 3.63) is 53.5 Å². The average Bonchev–Trinajstić information content (AvgIpc) is 3.21. The molecule has 1 aromatic heterocycles. The normalized spacial score (nSPS) is 16.3. The average molecular weight is 253 g/mol. The van der Waals surface area contributed by atoms with Gasteiger partial charge in [-0.1, -0.05) is 43.7 Å². The molecular weight excluding hydrogens is 234 g/mol. The summed E-state index contributed by atoms with van der Waals surface area (Å²) >= 11 is 0. The Balaban J connectivity index is 2.02. The van der Waals surface area contributed by atoms with Gasteiger partial charge in [0.25, 0.3) is 0 Å². The zero-order valence-corrected chi connectivity index (χ0v) is 11.3. The molecule has 1 heterocycles. The van der Waals surface area contributed by atoms with E-state index in [1.54, 1.807) is 0 Å². The van der Waals surface area contributed by atoms with E-state index in [0.717, 1.165) is 37.2 Å². The lowest BCUT2D eigenvalue weighted by atomic mass is 9.95. The molecule has 3 rings (SSSR count). The Morgan fingerprint density at radius 1 is 1.16 bits per heavy atom. The summed E-state index contributed by atoms with van der Waals surface area (Å²) in [5, 5.41) is 0. The van der Waals surface area contributed by atoms with Crippen LogP contribution < -0.4 is 5.73 Å². The van der Waals surface area contributed by atoms with Crippen LogP contribution in [0.25, 0.3) is 0 Å². The summed E-state index contributed by atoms with van der Waals surface area (Å²) in [6.45, 7) is 2.15. The molecule has 98 valence electrons. The van der Waals surface area contributed by atoms with Gasteiger partial charge < -0.3 is 5.73 Å². The molecule has 0 unspecified atom stereocenters. The third-order valence-corrected chi connectivity index (χ3v) is 3.81. The number of anilines is 1. The van der Waals surface area contributed by atoms with Gasteiger partial charge >= 0.3 is 0 Å². The van der Waals surface area contributed by atoms with Crippen molar-refractivity contribution >= 4 is 5.82 Å². The number of hydrogen-bond donors (Lipinski definition) is 1. The minimum absolute atomic E-state index is 0.0130. The molecule has 2 aromatic rings. The predicted molar refractivity (Wildman–Crippen MR) is 76.9 cm³/mol. The molecule has 3 nitrogen and oxygen atoms in total. The van der Waals surface area contributed by atoms with Gasteiger partial charge in [0.05, 0.1) is 5.41 Å². The first-order chi connectivity index (χ1) is 9.24. The van der Waals surface area contributed by atoms with E-state index < -0.39 is 0 Å². The number of nitrogens with zero attached hydrogens (tertiary/aromatic N) is 2. The van der Waals surface area contributed by atoms with Crippen LogP contribution in [-0.2, 0) is 11.8 Å². The van der Waals surface area contributed by atoms with Crippen LogP contribution >= 0.6 is 0 Å². The van der Waals surface area contributed by atoms with Crippen molar-refractivity contribution in [3.63, 3.8) is 0 Å². The molecule has 1 fully saturated rings. The molecule has 0 saturated heterocycles. The van der Waals surface area contributed by atoms with Gasteiger partial charge in [-0.25, -0.2) is 9.97 Å². The van der Waals surface area contributed by atoms with Crippen molar-refractivity contribution in [2.75, 3.05) is 5.73 Å². The summed E-state index contributed by atoms with van der Waals surface area (Å²) in [7, 11) is 0. The number of aromatic nitrogens is 2. The van der Waals surface area contributed by atoms with Crippen LogP contribution in [0, 0.1) is 0 Å². The second kappa shape index (κ2) is 4.65. The molecule has 0 aliphatic heterocycles. The van der Waals surface area contributed by atoms with Crippen LogP contribution in [0.2, 0.25) is 0 Å². The first kappa shape index (κ1) is 12.2. The largest absolute Gasteiger partial charge is 0.384 e. The number of benzene rings is 1. The predicted octanol–water partition coefficient (Wildman–Crippen LogP) is 3.09. The molecule has 19 heavy (non-hydrogen) atoms. The summed E-state index contributed by atoms with van der Waals surface area (Å²) in [6, 6.07) is 12.4. The van der Waals surface area contributed by atoms with Gasteiger partial charge in [0.1, 0.15) is 11.6 Å². The SMILES string of the molecule is CCCc1cc(N)nc(C2(c3ccccc3)CC2)n1. The second-order valence-electron chi connectivity index (χ2n) is 5.31. The smallest absolute Gasteiger partial charge is 0.141 e. The van der Waals surface area contributed by atoms with Crippen LogP contribution in [0.4, 0.5) is 5.82 Å². The topological polar surface area (TPSA) is 51.8 Å². The fraction of sp³-hybridized carbons (Fsp3) is 0.375. The highest BCUT2D eigenvalue weighted by atomic mass is 15.0. The van der Waals surface area contributed by atoms with Crippen molar-refractivity contribution in [2.45, 2.75) is 38.0 Å². The Bertz CT molecular complexity index is 574. The van der Waals surface area contributed by atoms with E-state index in [4.69, 9.17) is 10.7 Å². The molecular formula is C16H19N3. The highest BCUT2D eigenvalue weighted by molar-refractivity contribution is 5.42. The molecule has 1 saturated carbocycles. The third kappa shape index (κ3) is 2.21. The van der Waals surface area contributed by atoms with E-state index in [0.29, 0.717) is 5.82 Å². The van der Waals surface area contributed by atoms with E-state index >= 15 is 0 Å². The van der Waals surface area contributed by atoms with Gasteiger partial charge in [-0.15, -0.1) is 0 Å². The standard InChI is InChI=1S/C16H19N3/c1-2-6-13-11-14(17)19-15(18-13)16(9-10-16)12-7-4-3-5-8-12/h3-5,7-8,11H,2,6,9-10H2,1H3,(H2,17,18,19). The lowest BCUT2D eigenvalue weighted by molar-refractivity contribution is 0.734. The Kier molecular flexibility index (Phi) is 2.97. The number of aryl methyl sites for hydroxylation is 1. The summed E-state index contributed by atoms with van der Waals surface area (Å²) in [5.74, 6) is 1.50. The Morgan fingerprint density at radius 3 is 2.53 bits per heavy atom. The van der Waals surface area contributed by atoms with E-state index in [1.165, 1.54) is 5.56 Å². The van der Waals surface area contributed by atoms with E-state index in [1.807, 2.05) is 12.1 Å².